The standard InChI is InChI=1S/C13H20O2/c1-9(2)7-11-5-6-12(14)13(8-11)15-10(3)4/h5-6,8-10,14H,7H2,1-4H3. The minimum atomic E-state index is 0.0881. The lowest BCUT2D eigenvalue weighted by Gasteiger charge is -2.13. The molecule has 0 amide bonds. The van der Waals surface area contributed by atoms with Gasteiger partial charge in [-0.05, 0) is 43.9 Å². The van der Waals surface area contributed by atoms with Crippen molar-refractivity contribution in [3.8, 4) is 11.5 Å². The molecule has 1 aromatic carbocycles. The summed E-state index contributed by atoms with van der Waals surface area (Å²) in [7, 11) is 0. The van der Waals surface area contributed by atoms with Crippen molar-refractivity contribution in [2.24, 2.45) is 5.92 Å². The van der Waals surface area contributed by atoms with Gasteiger partial charge in [0.2, 0.25) is 0 Å². The lowest BCUT2D eigenvalue weighted by Crippen LogP contribution is -2.06. The topological polar surface area (TPSA) is 29.5 Å². The highest BCUT2D eigenvalue weighted by Crippen LogP contribution is 2.28. The maximum absolute atomic E-state index is 9.59. The average molecular weight is 208 g/mol. The minimum Gasteiger partial charge on any atom is -0.504 e. The second kappa shape index (κ2) is 5.06. The summed E-state index contributed by atoms with van der Waals surface area (Å²) >= 11 is 0. The van der Waals surface area contributed by atoms with Crippen molar-refractivity contribution in [2.45, 2.75) is 40.2 Å². The Labute approximate surface area is 91.9 Å². The summed E-state index contributed by atoms with van der Waals surface area (Å²) in [5.74, 6) is 1.42. The molecule has 0 atom stereocenters. The van der Waals surface area contributed by atoms with Crippen molar-refractivity contribution in [3.63, 3.8) is 0 Å². The third kappa shape index (κ3) is 3.82. The molecule has 0 aliphatic rings. The van der Waals surface area contributed by atoms with E-state index in [1.54, 1.807) is 6.07 Å². The third-order valence-electron chi connectivity index (χ3n) is 2.03. The molecule has 1 aromatic rings. The summed E-state index contributed by atoms with van der Waals surface area (Å²) in [5.41, 5.74) is 1.21. The monoisotopic (exact) mass is 208 g/mol. The van der Waals surface area contributed by atoms with Crippen LogP contribution in [0.1, 0.15) is 33.3 Å². The molecular weight excluding hydrogens is 188 g/mol. The van der Waals surface area contributed by atoms with Crippen LogP contribution in [0.5, 0.6) is 11.5 Å². The molecule has 0 aliphatic heterocycles. The SMILES string of the molecule is CC(C)Cc1ccc(O)c(OC(C)C)c1. The maximum Gasteiger partial charge on any atom is 0.161 e. The van der Waals surface area contributed by atoms with Crippen LogP contribution in [0.25, 0.3) is 0 Å². The lowest BCUT2D eigenvalue weighted by atomic mass is 10.0. The van der Waals surface area contributed by atoms with Crippen molar-refractivity contribution in [1.29, 1.82) is 0 Å². The van der Waals surface area contributed by atoms with Crippen molar-refractivity contribution in [3.05, 3.63) is 23.8 Å². The van der Waals surface area contributed by atoms with E-state index in [1.807, 2.05) is 26.0 Å². The molecule has 1 rings (SSSR count). The Kier molecular flexibility index (Phi) is 4.01. The van der Waals surface area contributed by atoms with Gasteiger partial charge in [0.05, 0.1) is 6.10 Å². The Bertz CT molecular complexity index is 316. The van der Waals surface area contributed by atoms with E-state index >= 15 is 0 Å². The Morgan fingerprint density at radius 3 is 2.40 bits per heavy atom. The van der Waals surface area contributed by atoms with E-state index in [2.05, 4.69) is 13.8 Å². The fourth-order valence-corrected chi connectivity index (χ4v) is 1.51. The number of benzene rings is 1. The van der Waals surface area contributed by atoms with Gasteiger partial charge in [0.25, 0.3) is 0 Å². The van der Waals surface area contributed by atoms with E-state index in [9.17, 15) is 5.11 Å². The van der Waals surface area contributed by atoms with Crippen LogP contribution in [-0.2, 0) is 6.42 Å². The van der Waals surface area contributed by atoms with E-state index < -0.39 is 0 Å². The van der Waals surface area contributed by atoms with Gasteiger partial charge >= 0.3 is 0 Å². The van der Waals surface area contributed by atoms with Crippen LogP contribution < -0.4 is 4.74 Å². The van der Waals surface area contributed by atoms with Gasteiger partial charge in [0.1, 0.15) is 0 Å². The Morgan fingerprint density at radius 1 is 1.20 bits per heavy atom. The van der Waals surface area contributed by atoms with Crippen LogP contribution in [0, 0.1) is 5.92 Å². The molecule has 0 saturated heterocycles. The van der Waals surface area contributed by atoms with Gasteiger partial charge in [0.15, 0.2) is 11.5 Å². The zero-order chi connectivity index (χ0) is 11.4. The van der Waals surface area contributed by atoms with Crippen LogP contribution in [0.15, 0.2) is 18.2 Å². The molecule has 2 nitrogen and oxygen atoms in total. The fourth-order valence-electron chi connectivity index (χ4n) is 1.51. The Hall–Kier alpha value is -1.18. The average Bonchev–Trinajstić information content (AvgIpc) is 2.09. The highest BCUT2D eigenvalue weighted by atomic mass is 16.5. The van der Waals surface area contributed by atoms with Gasteiger partial charge in [-0.3, -0.25) is 0 Å². The summed E-state index contributed by atoms with van der Waals surface area (Å²) in [6, 6.07) is 5.58. The van der Waals surface area contributed by atoms with Gasteiger partial charge in [-0.15, -0.1) is 0 Å². The molecule has 0 aliphatic carbocycles. The van der Waals surface area contributed by atoms with Gasteiger partial charge in [-0.25, -0.2) is 0 Å². The van der Waals surface area contributed by atoms with Gasteiger partial charge in [-0.2, -0.15) is 0 Å². The zero-order valence-electron chi connectivity index (χ0n) is 9.95. The van der Waals surface area contributed by atoms with E-state index in [0.29, 0.717) is 11.7 Å². The van der Waals surface area contributed by atoms with Crippen molar-refractivity contribution in [2.75, 3.05) is 0 Å². The minimum absolute atomic E-state index is 0.0881. The van der Waals surface area contributed by atoms with Gasteiger partial charge in [-0.1, -0.05) is 19.9 Å². The summed E-state index contributed by atoms with van der Waals surface area (Å²) in [5, 5.41) is 9.59. The van der Waals surface area contributed by atoms with Crippen LogP contribution in [0.2, 0.25) is 0 Å². The second-order valence-corrected chi connectivity index (χ2v) is 4.57. The number of phenols is 1. The van der Waals surface area contributed by atoms with Crippen molar-refractivity contribution in [1.82, 2.24) is 0 Å². The highest BCUT2D eigenvalue weighted by Gasteiger charge is 2.06. The normalized spacial score (nSPS) is 11.1. The van der Waals surface area contributed by atoms with Gasteiger partial charge < -0.3 is 9.84 Å². The van der Waals surface area contributed by atoms with Crippen molar-refractivity contribution < 1.29 is 9.84 Å². The van der Waals surface area contributed by atoms with Crippen LogP contribution in [-0.4, -0.2) is 11.2 Å². The first-order valence-electron chi connectivity index (χ1n) is 5.47. The molecule has 15 heavy (non-hydrogen) atoms. The molecule has 1 N–H and O–H groups in total. The molecule has 0 fully saturated rings. The molecule has 0 aromatic heterocycles. The smallest absolute Gasteiger partial charge is 0.161 e. The quantitative estimate of drug-likeness (QED) is 0.822. The van der Waals surface area contributed by atoms with E-state index in [1.165, 1.54) is 5.56 Å². The predicted octanol–water partition coefficient (Wildman–Crippen LogP) is 3.38. The Morgan fingerprint density at radius 2 is 1.87 bits per heavy atom. The number of aromatic hydroxyl groups is 1. The predicted molar refractivity (Wildman–Crippen MR) is 62.4 cm³/mol. The number of hydrogen-bond acceptors (Lipinski definition) is 2. The van der Waals surface area contributed by atoms with Crippen LogP contribution in [0.3, 0.4) is 0 Å². The number of rotatable bonds is 4. The highest BCUT2D eigenvalue weighted by molar-refractivity contribution is 5.42. The van der Waals surface area contributed by atoms with E-state index in [0.717, 1.165) is 6.42 Å². The maximum atomic E-state index is 9.59. The van der Waals surface area contributed by atoms with Gasteiger partial charge in [0, 0.05) is 0 Å². The largest absolute Gasteiger partial charge is 0.504 e. The fraction of sp³-hybridized carbons (Fsp3) is 0.538. The molecule has 84 valence electrons. The molecule has 0 saturated carbocycles. The van der Waals surface area contributed by atoms with E-state index in [4.69, 9.17) is 4.74 Å². The van der Waals surface area contributed by atoms with Crippen LogP contribution >= 0.6 is 0 Å². The molecule has 0 spiro atoms. The Balaban J connectivity index is 2.85. The number of phenolic OH excluding ortho intramolecular Hbond substituents is 1. The zero-order valence-corrected chi connectivity index (χ0v) is 9.95. The summed E-state index contributed by atoms with van der Waals surface area (Å²) in [6.07, 6.45) is 1.10. The summed E-state index contributed by atoms with van der Waals surface area (Å²) in [6.45, 7) is 8.26. The molecule has 0 heterocycles. The third-order valence-corrected chi connectivity index (χ3v) is 2.03. The number of ether oxygens (including phenoxy) is 1. The summed E-state index contributed by atoms with van der Waals surface area (Å²) in [4.78, 5) is 0. The van der Waals surface area contributed by atoms with E-state index in [-0.39, 0.29) is 11.9 Å². The van der Waals surface area contributed by atoms with Crippen LogP contribution in [0.4, 0.5) is 0 Å². The first-order valence-corrected chi connectivity index (χ1v) is 5.47. The summed E-state index contributed by atoms with van der Waals surface area (Å²) < 4.78 is 5.52. The lowest BCUT2D eigenvalue weighted by molar-refractivity contribution is 0.231. The number of hydrogen-bond donors (Lipinski definition) is 1. The first kappa shape index (κ1) is 11.9. The molecule has 0 unspecified atom stereocenters. The first-order chi connectivity index (χ1) is 6.99. The molecule has 0 radical (unpaired) electrons. The molecule has 0 bridgehead atoms. The molecule has 2 heteroatoms. The second-order valence-electron chi connectivity index (χ2n) is 4.57. The molecular formula is C13H20O2. The van der Waals surface area contributed by atoms with Crippen molar-refractivity contribution >= 4 is 0 Å².